The monoisotopic (exact) mass is 220 g/mol. The first kappa shape index (κ1) is 11.1. The molecule has 0 spiro atoms. The summed E-state index contributed by atoms with van der Waals surface area (Å²) in [6.45, 7) is 2.91. The maximum Gasteiger partial charge on any atom is 0.337 e. The van der Waals surface area contributed by atoms with Crippen molar-refractivity contribution in [1.82, 2.24) is 10.6 Å². The van der Waals surface area contributed by atoms with Crippen LogP contribution < -0.4 is 10.6 Å². The second-order valence-corrected chi connectivity index (χ2v) is 3.82. The smallest absolute Gasteiger partial charge is 0.337 e. The van der Waals surface area contributed by atoms with Crippen molar-refractivity contribution in [2.24, 2.45) is 0 Å². The fraction of sp³-hybridized carbons (Fsp3) is 0.417. The lowest BCUT2D eigenvalue weighted by Gasteiger charge is -2.24. The van der Waals surface area contributed by atoms with Gasteiger partial charge in [0, 0.05) is 25.7 Å². The molecule has 0 aliphatic carbocycles. The van der Waals surface area contributed by atoms with Gasteiger partial charge in [-0.2, -0.15) is 0 Å². The summed E-state index contributed by atoms with van der Waals surface area (Å²) >= 11 is 0. The van der Waals surface area contributed by atoms with Crippen molar-refractivity contribution in [2.75, 3.05) is 26.7 Å². The SMILES string of the molecule is COC(=O)c1ccc(C2CNCCN2)cc1. The number of esters is 1. The van der Waals surface area contributed by atoms with Gasteiger partial charge < -0.3 is 15.4 Å². The lowest BCUT2D eigenvalue weighted by atomic mass is 10.0. The van der Waals surface area contributed by atoms with Gasteiger partial charge in [-0.3, -0.25) is 0 Å². The van der Waals surface area contributed by atoms with Crippen LogP contribution in [0.25, 0.3) is 0 Å². The largest absolute Gasteiger partial charge is 0.465 e. The number of hydrogen-bond acceptors (Lipinski definition) is 4. The fourth-order valence-electron chi connectivity index (χ4n) is 1.86. The Morgan fingerprint density at radius 1 is 1.31 bits per heavy atom. The molecule has 4 nitrogen and oxygen atoms in total. The van der Waals surface area contributed by atoms with E-state index in [2.05, 4.69) is 15.4 Å². The van der Waals surface area contributed by atoms with Gasteiger partial charge in [0.15, 0.2) is 0 Å². The van der Waals surface area contributed by atoms with Crippen LogP contribution in [0, 0.1) is 0 Å². The van der Waals surface area contributed by atoms with E-state index in [0.717, 1.165) is 19.6 Å². The van der Waals surface area contributed by atoms with E-state index in [1.807, 2.05) is 12.1 Å². The van der Waals surface area contributed by atoms with Gasteiger partial charge in [0.05, 0.1) is 12.7 Å². The molecule has 1 unspecified atom stereocenters. The maximum atomic E-state index is 11.3. The number of rotatable bonds is 2. The van der Waals surface area contributed by atoms with E-state index < -0.39 is 0 Å². The zero-order chi connectivity index (χ0) is 11.4. The Labute approximate surface area is 95.0 Å². The molecule has 0 bridgehead atoms. The Morgan fingerprint density at radius 3 is 2.62 bits per heavy atom. The van der Waals surface area contributed by atoms with Crippen LogP contribution in [0.3, 0.4) is 0 Å². The van der Waals surface area contributed by atoms with Crippen molar-refractivity contribution < 1.29 is 9.53 Å². The van der Waals surface area contributed by atoms with Gasteiger partial charge in [-0.05, 0) is 17.7 Å². The third-order valence-electron chi connectivity index (χ3n) is 2.78. The minimum Gasteiger partial charge on any atom is -0.465 e. The van der Waals surface area contributed by atoms with E-state index in [-0.39, 0.29) is 5.97 Å². The molecule has 0 radical (unpaired) electrons. The van der Waals surface area contributed by atoms with Crippen molar-refractivity contribution in [3.63, 3.8) is 0 Å². The van der Waals surface area contributed by atoms with Gasteiger partial charge in [0.2, 0.25) is 0 Å². The Balaban J connectivity index is 2.09. The second kappa shape index (κ2) is 5.09. The number of piperazine rings is 1. The van der Waals surface area contributed by atoms with E-state index in [0.29, 0.717) is 11.6 Å². The average molecular weight is 220 g/mol. The second-order valence-electron chi connectivity index (χ2n) is 3.82. The van der Waals surface area contributed by atoms with Gasteiger partial charge in [0.1, 0.15) is 0 Å². The van der Waals surface area contributed by atoms with E-state index in [9.17, 15) is 4.79 Å². The Kier molecular flexibility index (Phi) is 3.54. The zero-order valence-corrected chi connectivity index (χ0v) is 9.32. The van der Waals surface area contributed by atoms with E-state index in [1.54, 1.807) is 12.1 Å². The number of methoxy groups -OCH3 is 1. The highest BCUT2D eigenvalue weighted by atomic mass is 16.5. The molecule has 2 N–H and O–H groups in total. The highest BCUT2D eigenvalue weighted by Crippen LogP contribution is 2.14. The van der Waals surface area contributed by atoms with Crippen molar-refractivity contribution in [3.05, 3.63) is 35.4 Å². The molecule has 1 atom stereocenters. The van der Waals surface area contributed by atoms with Crippen molar-refractivity contribution in [1.29, 1.82) is 0 Å². The highest BCUT2D eigenvalue weighted by molar-refractivity contribution is 5.89. The zero-order valence-electron chi connectivity index (χ0n) is 9.32. The molecule has 0 saturated carbocycles. The number of hydrogen-bond donors (Lipinski definition) is 2. The maximum absolute atomic E-state index is 11.3. The van der Waals surface area contributed by atoms with Gasteiger partial charge >= 0.3 is 5.97 Å². The Hall–Kier alpha value is -1.39. The molecule has 16 heavy (non-hydrogen) atoms. The summed E-state index contributed by atoms with van der Waals surface area (Å²) < 4.78 is 4.65. The molecule has 1 aliphatic heterocycles. The lowest BCUT2D eigenvalue weighted by molar-refractivity contribution is 0.0600. The molecule has 1 aliphatic rings. The summed E-state index contributed by atoms with van der Waals surface area (Å²) in [6, 6.07) is 7.88. The molecule has 4 heteroatoms. The topological polar surface area (TPSA) is 50.4 Å². The van der Waals surface area contributed by atoms with Crippen LogP contribution in [-0.2, 0) is 4.74 Å². The predicted octanol–water partition coefficient (Wildman–Crippen LogP) is 0.707. The molecule has 1 heterocycles. The average Bonchev–Trinajstić information content (AvgIpc) is 2.39. The quantitative estimate of drug-likeness (QED) is 0.721. The first-order valence-corrected chi connectivity index (χ1v) is 5.43. The number of carbonyl (C=O) groups excluding carboxylic acids is 1. The van der Waals surface area contributed by atoms with Crippen LogP contribution in [0.1, 0.15) is 22.0 Å². The van der Waals surface area contributed by atoms with Crippen molar-refractivity contribution in [2.45, 2.75) is 6.04 Å². The molecule has 1 aromatic rings. The minimum atomic E-state index is -0.290. The standard InChI is InChI=1S/C12H16N2O2/c1-16-12(15)10-4-2-9(3-5-10)11-8-13-6-7-14-11/h2-5,11,13-14H,6-8H2,1H3. The van der Waals surface area contributed by atoms with E-state index in [4.69, 9.17) is 0 Å². The van der Waals surface area contributed by atoms with Gasteiger partial charge in [-0.25, -0.2) is 4.79 Å². The summed E-state index contributed by atoms with van der Waals surface area (Å²) in [5, 5.41) is 6.75. The number of carbonyl (C=O) groups is 1. The van der Waals surface area contributed by atoms with Crippen molar-refractivity contribution >= 4 is 5.97 Å². The van der Waals surface area contributed by atoms with Gasteiger partial charge in [0.25, 0.3) is 0 Å². The van der Waals surface area contributed by atoms with E-state index >= 15 is 0 Å². The molecule has 2 rings (SSSR count). The molecule has 1 aromatic carbocycles. The number of nitrogens with one attached hydrogen (secondary N) is 2. The summed E-state index contributed by atoms with van der Waals surface area (Å²) in [7, 11) is 1.39. The molecule has 0 amide bonds. The van der Waals surface area contributed by atoms with Crippen LogP contribution in [0.4, 0.5) is 0 Å². The van der Waals surface area contributed by atoms with Crippen LogP contribution in [0.5, 0.6) is 0 Å². The van der Waals surface area contributed by atoms with Crippen molar-refractivity contribution in [3.8, 4) is 0 Å². The number of ether oxygens (including phenoxy) is 1. The predicted molar refractivity (Wildman–Crippen MR) is 61.4 cm³/mol. The van der Waals surface area contributed by atoms with Gasteiger partial charge in [-0.15, -0.1) is 0 Å². The van der Waals surface area contributed by atoms with Crippen LogP contribution in [0.2, 0.25) is 0 Å². The number of benzene rings is 1. The minimum absolute atomic E-state index is 0.290. The fourth-order valence-corrected chi connectivity index (χ4v) is 1.86. The third-order valence-corrected chi connectivity index (χ3v) is 2.78. The normalized spacial score (nSPS) is 20.4. The Bertz CT molecular complexity index is 356. The molecule has 0 aromatic heterocycles. The molecular weight excluding hydrogens is 204 g/mol. The Morgan fingerprint density at radius 2 is 2.06 bits per heavy atom. The highest BCUT2D eigenvalue weighted by Gasteiger charge is 2.14. The molecule has 1 fully saturated rings. The first-order valence-electron chi connectivity index (χ1n) is 5.43. The van der Waals surface area contributed by atoms with Crippen LogP contribution >= 0.6 is 0 Å². The summed E-state index contributed by atoms with van der Waals surface area (Å²) in [4.78, 5) is 11.3. The van der Waals surface area contributed by atoms with Crippen LogP contribution in [-0.4, -0.2) is 32.7 Å². The molecule has 86 valence electrons. The third kappa shape index (κ3) is 2.40. The van der Waals surface area contributed by atoms with Crippen LogP contribution in [0.15, 0.2) is 24.3 Å². The van der Waals surface area contributed by atoms with Gasteiger partial charge in [-0.1, -0.05) is 12.1 Å². The first-order chi connectivity index (χ1) is 7.81. The summed E-state index contributed by atoms with van der Waals surface area (Å²) in [6.07, 6.45) is 0. The summed E-state index contributed by atoms with van der Waals surface area (Å²) in [5.74, 6) is -0.290. The van der Waals surface area contributed by atoms with E-state index in [1.165, 1.54) is 12.7 Å². The lowest BCUT2D eigenvalue weighted by Crippen LogP contribution is -2.42. The molecular formula is C12H16N2O2. The molecule has 1 saturated heterocycles. The summed E-state index contributed by atoms with van der Waals surface area (Å²) in [5.41, 5.74) is 1.79.